The number of ether oxygens (including phenoxy) is 1. The van der Waals surface area contributed by atoms with E-state index in [1.807, 2.05) is 36.4 Å². The topological polar surface area (TPSA) is 67.3 Å². The van der Waals surface area contributed by atoms with Crippen molar-refractivity contribution in [2.24, 2.45) is 0 Å². The highest BCUT2D eigenvalue weighted by atomic mass is 32.1. The van der Waals surface area contributed by atoms with E-state index in [-0.39, 0.29) is 5.91 Å². The first kappa shape index (κ1) is 24.4. The lowest BCUT2D eigenvalue weighted by Gasteiger charge is -2.28. The predicted octanol–water partition coefficient (Wildman–Crippen LogP) is 7.49. The van der Waals surface area contributed by atoms with Gasteiger partial charge >= 0.3 is 0 Å². The Bertz CT molecular complexity index is 1930. The molecule has 0 unspecified atom stereocenters. The number of piperidine rings is 1. The standard InChI is InChI=1S/C33H26N4O2S/c38-32(21-12-15-23(16-13-21)39-33(40)37-18-6-1-7-19-37)34-22-14-17-28-29(20-22)36-31-27-11-5-3-9-25(27)24-8-2-4-10-26(24)30(31)35-28/h2-5,8-17,20H,1,6-7,18-19H2,(H,34,38). The van der Waals surface area contributed by atoms with Crippen LogP contribution in [0.2, 0.25) is 0 Å². The molecule has 1 fully saturated rings. The summed E-state index contributed by atoms with van der Waals surface area (Å²) in [7, 11) is 0. The average Bonchev–Trinajstić information content (AvgIpc) is 3.01. The van der Waals surface area contributed by atoms with Crippen LogP contribution in [0, 0.1) is 0 Å². The summed E-state index contributed by atoms with van der Waals surface area (Å²) in [5, 5.41) is 7.92. The molecule has 0 saturated carbocycles. The van der Waals surface area contributed by atoms with Crippen LogP contribution < -0.4 is 10.1 Å². The number of anilines is 1. The average molecular weight is 543 g/mol. The van der Waals surface area contributed by atoms with Crippen molar-refractivity contribution in [2.45, 2.75) is 19.3 Å². The molecule has 0 atom stereocenters. The highest BCUT2D eigenvalue weighted by molar-refractivity contribution is 7.80. The molecule has 196 valence electrons. The molecule has 1 aliphatic rings. The molecule has 1 N–H and O–H groups in total. The number of hydrogen-bond acceptors (Lipinski definition) is 5. The molecule has 0 aliphatic carbocycles. The lowest BCUT2D eigenvalue weighted by Crippen LogP contribution is -2.37. The van der Waals surface area contributed by atoms with Gasteiger partial charge in [-0.1, -0.05) is 48.5 Å². The van der Waals surface area contributed by atoms with Gasteiger partial charge in [-0.05, 0) is 84.7 Å². The number of rotatable bonds is 3. The first-order chi connectivity index (χ1) is 19.6. The zero-order chi connectivity index (χ0) is 27.1. The highest BCUT2D eigenvalue weighted by Crippen LogP contribution is 2.34. The molecule has 6 nitrogen and oxygen atoms in total. The fourth-order valence-electron chi connectivity index (χ4n) is 5.48. The lowest BCUT2D eigenvalue weighted by atomic mass is 9.99. The second-order valence-electron chi connectivity index (χ2n) is 10.1. The van der Waals surface area contributed by atoms with Crippen LogP contribution in [0.1, 0.15) is 29.6 Å². The van der Waals surface area contributed by atoms with Crippen molar-refractivity contribution in [3.63, 3.8) is 0 Å². The van der Waals surface area contributed by atoms with Gasteiger partial charge in [-0.25, -0.2) is 9.97 Å². The fourth-order valence-corrected chi connectivity index (χ4v) is 5.75. The third-order valence-corrected chi connectivity index (χ3v) is 7.85. The number of amides is 1. The molecule has 5 aromatic carbocycles. The number of nitrogens with zero attached hydrogens (tertiary/aromatic N) is 3. The van der Waals surface area contributed by atoms with Crippen LogP contribution in [-0.2, 0) is 0 Å². The SMILES string of the molecule is O=C(Nc1ccc2nc3c4ccccc4c4ccccc4c3nc2c1)c1ccc(OC(=S)N2CCCCC2)cc1. The van der Waals surface area contributed by atoms with Crippen molar-refractivity contribution < 1.29 is 9.53 Å². The number of benzene rings is 5. The summed E-state index contributed by atoms with van der Waals surface area (Å²) in [6.45, 7) is 1.86. The monoisotopic (exact) mass is 542 g/mol. The Morgan fingerprint density at radius 1 is 0.725 bits per heavy atom. The lowest BCUT2D eigenvalue weighted by molar-refractivity contribution is 0.102. The third-order valence-electron chi connectivity index (χ3n) is 7.51. The van der Waals surface area contributed by atoms with Crippen molar-refractivity contribution in [3.05, 3.63) is 96.6 Å². The van der Waals surface area contributed by atoms with E-state index in [0.717, 1.165) is 69.5 Å². The first-order valence-corrected chi connectivity index (χ1v) is 13.9. The third kappa shape index (κ3) is 4.48. The molecular formula is C33H26N4O2S. The highest BCUT2D eigenvalue weighted by Gasteiger charge is 2.16. The second kappa shape index (κ2) is 10.2. The molecule has 1 aromatic heterocycles. The summed E-state index contributed by atoms with van der Waals surface area (Å²) in [5.41, 5.74) is 4.41. The molecular weight excluding hydrogens is 516 g/mol. The molecule has 7 rings (SSSR count). The van der Waals surface area contributed by atoms with Crippen LogP contribution in [0.3, 0.4) is 0 Å². The molecule has 2 heterocycles. The molecule has 6 aromatic rings. The molecule has 7 heteroatoms. The minimum atomic E-state index is -0.213. The van der Waals surface area contributed by atoms with E-state index in [4.69, 9.17) is 26.9 Å². The van der Waals surface area contributed by atoms with Crippen LogP contribution in [0.15, 0.2) is 91.0 Å². The zero-order valence-corrected chi connectivity index (χ0v) is 22.6. The summed E-state index contributed by atoms with van der Waals surface area (Å²) in [4.78, 5) is 25.2. The van der Waals surface area contributed by atoms with Gasteiger partial charge in [0.15, 0.2) is 0 Å². The van der Waals surface area contributed by atoms with Crippen molar-refractivity contribution in [1.82, 2.24) is 14.9 Å². The maximum absolute atomic E-state index is 13.0. The largest absolute Gasteiger partial charge is 0.432 e. The van der Waals surface area contributed by atoms with Crippen LogP contribution in [0.5, 0.6) is 5.75 Å². The molecule has 1 saturated heterocycles. The number of likely N-dealkylation sites (tertiary alicyclic amines) is 1. The Morgan fingerprint density at radius 3 is 1.98 bits per heavy atom. The van der Waals surface area contributed by atoms with Gasteiger partial charge in [0.05, 0.1) is 22.1 Å². The van der Waals surface area contributed by atoms with Crippen LogP contribution in [-0.4, -0.2) is 39.0 Å². The van der Waals surface area contributed by atoms with Gasteiger partial charge in [-0.2, -0.15) is 0 Å². The predicted molar refractivity (Wildman–Crippen MR) is 165 cm³/mol. The van der Waals surface area contributed by atoms with Gasteiger partial charge in [0, 0.05) is 35.1 Å². The molecule has 1 amide bonds. The van der Waals surface area contributed by atoms with Gasteiger partial charge in [0.25, 0.3) is 11.1 Å². The maximum Gasteiger partial charge on any atom is 0.264 e. The minimum Gasteiger partial charge on any atom is -0.432 e. The van der Waals surface area contributed by atoms with Crippen LogP contribution in [0.25, 0.3) is 43.6 Å². The first-order valence-electron chi connectivity index (χ1n) is 13.5. The zero-order valence-electron chi connectivity index (χ0n) is 21.8. The molecule has 0 bridgehead atoms. The Kier molecular flexibility index (Phi) is 6.21. The molecule has 1 aliphatic heterocycles. The van der Waals surface area contributed by atoms with Gasteiger partial charge in [0.1, 0.15) is 5.75 Å². The smallest absolute Gasteiger partial charge is 0.264 e. The Hall–Kier alpha value is -4.62. The van der Waals surface area contributed by atoms with E-state index >= 15 is 0 Å². The van der Waals surface area contributed by atoms with Gasteiger partial charge < -0.3 is 15.0 Å². The van der Waals surface area contributed by atoms with E-state index < -0.39 is 0 Å². The molecule has 0 spiro atoms. The number of carbonyl (C=O) groups excluding carboxylic acids is 1. The number of nitrogens with one attached hydrogen (secondary N) is 1. The summed E-state index contributed by atoms with van der Waals surface area (Å²) in [6, 6.07) is 29.3. The Balaban J connectivity index is 1.16. The normalized spacial score (nSPS) is 13.7. The number of thiocarbonyl (C=S) groups is 1. The number of hydrogen-bond donors (Lipinski definition) is 1. The van der Waals surface area contributed by atoms with Crippen LogP contribution >= 0.6 is 12.2 Å². The van der Waals surface area contributed by atoms with Crippen molar-refractivity contribution >= 4 is 72.6 Å². The van der Waals surface area contributed by atoms with E-state index in [0.29, 0.717) is 22.2 Å². The second-order valence-corrected chi connectivity index (χ2v) is 10.5. The van der Waals surface area contributed by atoms with Crippen LogP contribution in [0.4, 0.5) is 5.69 Å². The number of carbonyl (C=O) groups is 1. The summed E-state index contributed by atoms with van der Waals surface area (Å²) < 4.78 is 5.86. The Labute approximate surface area is 236 Å². The summed E-state index contributed by atoms with van der Waals surface area (Å²) in [5.74, 6) is 0.412. The van der Waals surface area contributed by atoms with Crippen molar-refractivity contribution in [3.8, 4) is 5.75 Å². The van der Waals surface area contributed by atoms with E-state index in [1.54, 1.807) is 24.3 Å². The van der Waals surface area contributed by atoms with Gasteiger partial charge in [-0.3, -0.25) is 4.79 Å². The van der Waals surface area contributed by atoms with Gasteiger partial charge in [0.2, 0.25) is 0 Å². The quantitative estimate of drug-likeness (QED) is 0.142. The number of aromatic nitrogens is 2. The van der Waals surface area contributed by atoms with E-state index in [9.17, 15) is 4.79 Å². The molecule has 0 radical (unpaired) electrons. The minimum absolute atomic E-state index is 0.213. The van der Waals surface area contributed by atoms with Crippen molar-refractivity contribution in [1.29, 1.82) is 0 Å². The van der Waals surface area contributed by atoms with E-state index in [2.05, 4.69) is 40.5 Å². The maximum atomic E-state index is 13.0. The molecule has 40 heavy (non-hydrogen) atoms. The van der Waals surface area contributed by atoms with Gasteiger partial charge in [-0.15, -0.1) is 0 Å². The number of fused-ring (bicyclic) bond motifs is 7. The summed E-state index contributed by atoms with van der Waals surface area (Å²) in [6.07, 6.45) is 3.50. The Morgan fingerprint density at radius 2 is 1.32 bits per heavy atom. The fraction of sp³-hybridized carbons (Fsp3) is 0.152. The summed E-state index contributed by atoms with van der Waals surface area (Å²) >= 11 is 5.46. The van der Waals surface area contributed by atoms with Crippen molar-refractivity contribution in [2.75, 3.05) is 18.4 Å². The van der Waals surface area contributed by atoms with E-state index in [1.165, 1.54) is 6.42 Å².